The molecular weight excluding hydrogens is 447 g/mol. The summed E-state index contributed by atoms with van der Waals surface area (Å²) in [4.78, 5) is 38.2. The number of rotatable bonds is 5. The fraction of sp³-hybridized carbons (Fsp3) is 0.333. The van der Waals surface area contributed by atoms with Crippen LogP contribution in [0, 0.1) is 11.2 Å². The number of nitrogens with zero attached hydrogens (tertiary/aromatic N) is 4. The summed E-state index contributed by atoms with van der Waals surface area (Å²) in [6.45, 7) is 1.04. The number of benzene rings is 2. The van der Waals surface area contributed by atoms with Crippen LogP contribution in [0.25, 0.3) is 0 Å². The van der Waals surface area contributed by atoms with Crippen LogP contribution in [0.1, 0.15) is 35.2 Å². The Bertz CT molecular complexity index is 1210. The van der Waals surface area contributed by atoms with Gasteiger partial charge < -0.3 is 14.5 Å². The van der Waals surface area contributed by atoms with Gasteiger partial charge in [-0.2, -0.15) is 0 Å². The third-order valence-electron chi connectivity index (χ3n) is 7.17. The Morgan fingerprint density at radius 1 is 1.09 bits per heavy atom. The van der Waals surface area contributed by atoms with E-state index in [4.69, 9.17) is 4.74 Å². The molecule has 1 aromatic heterocycles. The topological polar surface area (TPSA) is 75.6 Å². The first-order valence-electron chi connectivity index (χ1n) is 11.8. The zero-order valence-electron chi connectivity index (χ0n) is 19.6. The first-order valence-corrected chi connectivity index (χ1v) is 11.8. The van der Waals surface area contributed by atoms with Crippen molar-refractivity contribution < 1.29 is 18.7 Å². The number of aromatic nitrogens is 2. The fourth-order valence-electron chi connectivity index (χ4n) is 5.19. The standard InChI is InChI=1S/C27H27FN4O3/c1-31-22(16-19-6-8-21(28)9-7-19)18-27(25(31)34)10-14-32(15-11-27)24(33)20-4-2-5-23(17-20)35-26-29-12-3-13-30-26/h2-9,12-13,17,22H,10-11,14-16,18H2,1H3. The Hall–Kier alpha value is -3.81. The molecule has 1 atom stereocenters. The molecule has 2 aliphatic heterocycles. The van der Waals surface area contributed by atoms with E-state index in [9.17, 15) is 14.0 Å². The predicted molar refractivity (Wildman–Crippen MR) is 127 cm³/mol. The highest BCUT2D eigenvalue weighted by atomic mass is 19.1. The molecule has 3 heterocycles. The lowest BCUT2D eigenvalue weighted by Gasteiger charge is -2.37. The van der Waals surface area contributed by atoms with Gasteiger partial charge in [-0.15, -0.1) is 0 Å². The minimum atomic E-state index is -0.439. The van der Waals surface area contributed by atoms with Gasteiger partial charge in [-0.25, -0.2) is 14.4 Å². The number of hydrogen-bond donors (Lipinski definition) is 0. The van der Waals surface area contributed by atoms with Gasteiger partial charge in [0, 0.05) is 44.1 Å². The summed E-state index contributed by atoms with van der Waals surface area (Å²) in [5, 5.41) is 0. The van der Waals surface area contributed by atoms with E-state index in [1.54, 1.807) is 54.9 Å². The number of likely N-dealkylation sites (N-methyl/N-ethyl adjacent to an activating group) is 1. The van der Waals surface area contributed by atoms with Crippen molar-refractivity contribution in [1.29, 1.82) is 0 Å². The molecule has 2 fully saturated rings. The molecule has 0 aliphatic carbocycles. The molecule has 0 bridgehead atoms. The lowest BCUT2D eigenvalue weighted by molar-refractivity contribution is -0.137. The van der Waals surface area contributed by atoms with Crippen LogP contribution >= 0.6 is 0 Å². The van der Waals surface area contributed by atoms with Crippen molar-refractivity contribution in [3.8, 4) is 11.8 Å². The number of amides is 2. The van der Waals surface area contributed by atoms with Gasteiger partial charge in [-0.1, -0.05) is 18.2 Å². The molecule has 2 aromatic carbocycles. The zero-order valence-corrected chi connectivity index (χ0v) is 19.6. The van der Waals surface area contributed by atoms with Gasteiger partial charge in [-0.3, -0.25) is 9.59 Å². The molecule has 1 spiro atoms. The summed E-state index contributed by atoms with van der Waals surface area (Å²) in [6, 6.07) is 15.4. The van der Waals surface area contributed by atoms with Crippen LogP contribution < -0.4 is 4.74 Å². The average molecular weight is 475 g/mol. The lowest BCUT2D eigenvalue weighted by atomic mass is 9.75. The Morgan fingerprint density at radius 3 is 2.51 bits per heavy atom. The van der Waals surface area contributed by atoms with Crippen LogP contribution in [0.2, 0.25) is 0 Å². The quantitative estimate of drug-likeness (QED) is 0.557. The van der Waals surface area contributed by atoms with E-state index >= 15 is 0 Å². The monoisotopic (exact) mass is 474 g/mol. The predicted octanol–water partition coefficient (Wildman–Crippen LogP) is 4.10. The van der Waals surface area contributed by atoms with Crippen molar-refractivity contribution >= 4 is 11.8 Å². The summed E-state index contributed by atoms with van der Waals surface area (Å²) in [5.41, 5.74) is 1.11. The Kier molecular flexibility index (Phi) is 6.19. The third-order valence-corrected chi connectivity index (χ3v) is 7.17. The normalized spacial score (nSPS) is 19.3. The van der Waals surface area contributed by atoms with Crippen molar-refractivity contribution in [2.24, 2.45) is 5.41 Å². The summed E-state index contributed by atoms with van der Waals surface area (Å²) >= 11 is 0. The molecule has 8 heteroatoms. The molecule has 2 amide bonds. The van der Waals surface area contributed by atoms with E-state index in [1.807, 2.05) is 16.8 Å². The Labute approximate surface area is 203 Å². The summed E-state index contributed by atoms with van der Waals surface area (Å²) in [7, 11) is 1.85. The molecule has 3 aromatic rings. The van der Waals surface area contributed by atoms with Crippen LogP contribution in [-0.2, 0) is 11.2 Å². The van der Waals surface area contributed by atoms with Crippen LogP contribution in [0.5, 0.6) is 11.8 Å². The molecule has 0 radical (unpaired) electrons. The van der Waals surface area contributed by atoms with E-state index in [1.165, 1.54) is 12.1 Å². The van der Waals surface area contributed by atoms with Crippen LogP contribution in [0.15, 0.2) is 67.0 Å². The van der Waals surface area contributed by atoms with Crippen LogP contribution in [-0.4, -0.2) is 57.8 Å². The molecular formula is C27H27FN4O3. The summed E-state index contributed by atoms with van der Waals surface area (Å²) in [6.07, 6.45) is 5.90. The molecule has 7 nitrogen and oxygen atoms in total. The van der Waals surface area contributed by atoms with E-state index in [-0.39, 0.29) is 29.7 Å². The highest BCUT2D eigenvalue weighted by Crippen LogP contribution is 2.45. The number of halogens is 1. The molecule has 0 saturated carbocycles. The number of hydrogen-bond acceptors (Lipinski definition) is 5. The number of carbonyl (C=O) groups excluding carboxylic acids is 2. The van der Waals surface area contributed by atoms with Gasteiger partial charge in [0.1, 0.15) is 11.6 Å². The Balaban J connectivity index is 1.23. The molecule has 35 heavy (non-hydrogen) atoms. The van der Waals surface area contributed by atoms with Crippen molar-refractivity contribution in [3.63, 3.8) is 0 Å². The smallest absolute Gasteiger partial charge is 0.321 e. The highest BCUT2D eigenvalue weighted by Gasteiger charge is 2.51. The van der Waals surface area contributed by atoms with Crippen molar-refractivity contribution in [1.82, 2.24) is 19.8 Å². The minimum Gasteiger partial charge on any atom is -0.424 e. The fourth-order valence-corrected chi connectivity index (χ4v) is 5.19. The molecule has 0 N–H and O–H groups in total. The first kappa shape index (κ1) is 23.0. The second-order valence-corrected chi connectivity index (χ2v) is 9.34. The first-order chi connectivity index (χ1) is 16.9. The van der Waals surface area contributed by atoms with Gasteiger partial charge in [0.05, 0.1) is 5.41 Å². The van der Waals surface area contributed by atoms with Crippen LogP contribution in [0.4, 0.5) is 4.39 Å². The number of likely N-dealkylation sites (tertiary alicyclic amines) is 2. The second-order valence-electron chi connectivity index (χ2n) is 9.34. The maximum absolute atomic E-state index is 13.3. The number of piperidine rings is 1. The second kappa shape index (κ2) is 9.44. The minimum absolute atomic E-state index is 0.0734. The number of carbonyl (C=O) groups is 2. The zero-order chi connectivity index (χ0) is 24.4. The molecule has 2 saturated heterocycles. The van der Waals surface area contributed by atoms with E-state index in [0.29, 0.717) is 43.7 Å². The van der Waals surface area contributed by atoms with E-state index in [2.05, 4.69) is 9.97 Å². The third kappa shape index (κ3) is 4.73. The van der Waals surface area contributed by atoms with Gasteiger partial charge in [0.25, 0.3) is 5.91 Å². The highest BCUT2D eigenvalue weighted by molar-refractivity contribution is 5.95. The summed E-state index contributed by atoms with van der Waals surface area (Å²) < 4.78 is 18.9. The van der Waals surface area contributed by atoms with Crippen molar-refractivity contribution in [2.75, 3.05) is 20.1 Å². The number of ether oxygens (including phenoxy) is 1. The largest absolute Gasteiger partial charge is 0.424 e. The van der Waals surface area contributed by atoms with Gasteiger partial charge in [0.15, 0.2) is 0 Å². The molecule has 5 rings (SSSR count). The SMILES string of the molecule is CN1C(=O)C2(CCN(C(=O)c3cccc(Oc4ncccn4)c3)CC2)CC1Cc1ccc(F)cc1. The maximum atomic E-state index is 13.3. The van der Waals surface area contributed by atoms with Gasteiger partial charge >= 0.3 is 6.01 Å². The van der Waals surface area contributed by atoms with Gasteiger partial charge in [0.2, 0.25) is 5.91 Å². The lowest BCUT2D eigenvalue weighted by Crippen LogP contribution is -2.46. The molecule has 2 aliphatic rings. The van der Waals surface area contributed by atoms with Gasteiger partial charge in [-0.05, 0) is 67.6 Å². The Morgan fingerprint density at radius 2 is 1.80 bits per heavy atom. The maximum Gasteiger partial charge on any atom is 0.321 e. The average Bonchev–Trinajstić information content (AvgIpc) is 3.10. The van der Waals surface area contributed by atoms with Crippen molar-refractivity contribution in [3.05, 3.63) is 83.9 Å². The van der Waals surface area contributed by atoms with Crippen molar-refractivity contribution in [2.45, 2.75) is 31.7 Å². The summed E-state index contributed by atoms with van der Waals surface area (Å²) in [5.74, 6) is 0.297. The van der Waals surface area contributed by atoms with E-state index in [0.717, 1.165) is 12.0 Å². The molecule has 180 valence electrons. The van der Waals surface area contributed by atoms with E-state index < -0.39 is 5.41 Å². The van der Waals surface area contributed by atoms with Crippen LogP contribution in [0.3, 0.4) is 0 Å². The molecule has 1 unspecified atom stereocenters.